The molecule has 0 unspecified atom stereocenters. The standard InChI is InChI=1S/C24H25ClF3N2O3/c1-16(31)33-14-23(9-3-4-10-23)30-15-29(13-17-5-8-22(32-2)19(25)11-17)21-12-18(24(26,27)28)6-7-20(21)30/h5-8,11-12,15H,3-4,9-10,13-14H2,1-2H3. The van der Waals surface area contributed by atoms with Crippen LogP contribution in [0.15, 0.2) is 36.4 Å². The monoisotopic (exact) mass is 481 g/mol. The highest BCUT2D eigenvalue weighted by atomic mass is 35.5. The van der Waals surface area contributed by atoms with Crippen molar-refractivity contribution in [2.45, 2.75) is 50.9 Å². The van der Waals surface area contributed by atoms with Crippen LogP contribution in [0.5, 0.6) is 5.75 Å². The Kier molecular flexibility index (Phi) is 6.40. The zero-order valence-electron chi connectivity index (χ0n) is 18.4. The fraction of sp³-hybridized carbons (Fsp3) is 0.417. The van der Waals surface area contributed by atoms with Crippen molar-refractivity contribution < 1.29 is 27.4 Å². The molecule has 1 aliphatic heterocycles. The van der Waals surface area contributed by atoms with Crippen LogP contribution in [0.3, 0.4) is 0 Å². The van der Waals surface area contributed by atoms with E-state index in [0.29, 0.717) is 28.7 Å². The van der Waals surface area contributed by atoms with E-state index in [1.165, 1.54) is 26.2 Å². The summed E-state index contributed by atoms with van der Waals surface area (Å²) in [6.45, 7) is 3.69. The van der Waals surface area contributed by atoms with E-state index in [2.05, 4.69) is 0 Å². The van der Waals surface area contributed by atoms with Gasteiger partial charge in [-0.1, -0.05) is 30.5 Å². The average molecular weight is 482 g/mol. The van der Waals surface area contributed by atoms with Crippen molar-refractivity contribution in [1.82, 2.24) is 0 Å². The van der Waals surface area contributed by atoms with Crippen LogP contribution in [0.1, 0.15) is 43.7 Å². The molecule has 0 N–H and O–H groups in total. The number of nitrogens with zero attached hydrogens (tertiary/aromatic N) is 2. The van der Waals surface area contributed by atoms with Crippen molar-refractivity contribution >= 4 is 28.9 Å². The van der Waals surface area contributed by atoms with Gasteiger partial charge in [0.2, 0.25) is 0 Å². The molecule has 2 aromatic rings. The summed E-state index contributed by atoms with van der Waals surface area (Å²) < 4.78 is 51.1. The summed E-state index contributed by atoms with van der Waals surface area (Å²) >= 11 is 6.26. The highest BCUT2D eigenvalue weighted by Gasteiger charge is 2.46. The molecule has 177 valence electrons. The molecular weight excluding hydrogens is 457 g/mol. The SMILES string of the molecule is COc1ccc(CN2[CH]N(C3(COC(C)=O)CCCC3)c3ccc(C(F)(F)F)cc32)cc1Cl. The lowest BCUT2D eigenvalue weighted by Crippen LogP contribution is -2.49. The van der Waals surface area contributed by atoms with E-state index in [9.17, 15) is 18.0 Å². The first-order valence-electron chi connectivity index (χ1n) is 10.7. The molecular formula is C24H25ClF3N2O3. The largest absolute Gasteiger partial charge is 0.495 e. The first kappa shape index (κ1) is 23.5. The molecule has 2 aromatic carbocycles. The van der Waals surface area contributed by atoms with E-state index in [-0.39, 0.29) is 12.6 Å². The van der Waals surface area contributed by atoms with Crippen LogP contribution >= 0.6 is 11.6 Å². The molecule has 0 atom stereocenters. The Hall–Kier alpha value is -2.61. The Morgan fingerprint density at radius 2 is 1.85 bits per heavy atom. The molecule has 9 heteroatoms. The number of rotatable bonds is 6. The zero-order valence-corrected chi connectivity index (χ0v) is 19.2. The van der Waals surface area contributed by atoms with Gasteiger partial charge in [0.15, 0.2) is 0 Å². The number of halogens is 4. The van der Waals surface area contributed by atoms with E-state index < -0.39 is 17.3 Å². The van der Waals surface area contributed by atoms with E-state index in [4.69, 9.17) is 21.1 Å². The molecule has 0 spiro atoms. The van der Waals surface area contributed by atoms with Crippen LogP contribution in [0, 0.1) is 6.67 Å². The Morgan fingerprint density at radius 1 is 1.12 bits per heavy atom. The van der Waals surface area contributed by atoms with Crippen molar-refractivity contribution in [3.8, 4) is 5.75 Å². The summed E-state index contributed by atoms with van der Waals surface area (Å²) in [7, 11) is 1.52. The van der Waals surface area contributed by atoms with E-state index in [1.807, 2.05) is 17.6 Å². The normalized spacial score (nSPS) is 17.3. The van der Waals surface area contributed by atoms with Gasteiger partial charge in [-0.2, -0.15) is 13.2 Å². The van der Waals surface area contributed by atoms with Crippen molar-refractivity contribution in [2.75, 3.05) is 23.5 Å². The van der Waals surface area contributed by atoms with Crippen LogP contribution in [0.2, 0.25) is 5.02 Å². The Labute approximate surface area is 196 Å². The van der Waals surface area contributed by atoms with Gasteiger partial charge in [0.05, 0.1) is 34.6 Å². The van der Waals surface area contributed by atoms with E-state index >= 15 is 0 Å². The number of carbonyl (C=O) groups is 1. The molecule has 0 saturated heterocycles. The number of ether oxygens (including phenoxy) is 2. The average Bonchev–Trinajstić information content (AvgIpc) is 3.37. The minimum atomic E-state index is -4.46. The molecule has 5 nitrogen and oxygen atoms in total. The number of methoxy groups -OCH3 is 1. The Bertz CT molecular complexity index is 1040. The maximum Gasteiger partial charge on any atom is 0.416 e. The van der Waals surface area contributed by atoms with Gasteiger partial charge in [-0.25, -0.2) is 0 Å². The summed E-state index contributed by atoms with van der Waals surface area (Å²) in [6, 6.07) is 9.08. The van der Waals surface area contributed by atoms with Crippen LogP contribution in [-0.4, -0.2) is 25.2 Å². The first-order valence-corrected chi connectivity index (χ1v) is 11.1. The van der Waals surface area contributed by atoms with Crippen LogP contribution in [-0.2, 0) is 22.3 Å². The highest BCUT2D eigenvalue weighted by Crippen LogP contribution is 2.49. The molecule has 1 saturated carbocycles. The fourth-order valence-corrected chi connectivity index (χ4v) is 4.91. The number of alkyl halides is 3. The third-order valence-corrected chi connectivity index (χ3v) is 6.58. The second-order valence-corrected chi connectivity index (χ2v) is 8.90. The topological polar surface area (TPSA) is 42.0 Å². The first-order chi connectivity index (χ1) is 15.6. The number of hydrogen-bond donors (Lipinski definition) is 0. The number of benzene rings is 2. The second-order valence-electron chi connectivity index (χ2n) is 8.50. The van der Waals surface area contributed by atoms with Gasteiger partial charge in [0.1, 0.15) is 19.0 Å². The number of carbonyl (C=O) groups excluding carboxylic acids is 1. The minimum Gasteiger partial charge on any atom is -0.495 e. The second kappa shape index (κ2) is 8.97. The van der Waals surface area contributed by atoms with Crippen LogP contribution in [0.4, 0.5) is 24.5 Å². The minimum absolute atomic E-state index is 0.182. The van der Waals surface area contributed by atoms with E-state index in [0.717, 1.165) is 37.3 Å². The Morgan fingerprint density at radius 3 is 2.45 bits per heavy atom. The summed E-state index contributed by atoms with van der Waals surface area (Å²) in [4.78, 5) is 15.3. The summed E-state index contributed by atoms with van der Waals surface area (Å²) in [6.07, 6.45) is -0.995. The number of hydrogen-bond acceptors (Lipinski definition) is 5. The summed E-state index contributed by atoms with van der Waals surface area (Å²) in [5.41, 5.74) is 0.729. The number of anilines is 2. The molecule has 1 radical (unpaired) electrons. The zero-order chi connectivity index (χ0) is 23.8. The van der Waals surface area contributed by atoms with Gasteiger partial charge in [-0.15, -0.1) is 0 Å². The maximum atomic E-state index is 13.5. The molecule has 1 aliphatic carbocycles. The maximum absolute atomic E-state index is 13.5. The van der Waals surface area contributed by atoms with Crippen molar-refractivity contribution in [1.29, 1.82) is 0 Å². The van der Waals surface area contributed by atoms with Gasteiger partial charge < -0.3 is 19.3 Å². The molecule has 33 heavy (non-hydrogen) atoms. The van der Waals surface area contributed by atoms with Crippen LogP contribution < -0.4 is 14.5 Å². The Balaban J connectivity index is 1.71. The van der Waals surface area contributed by atoms with Gasteiger partial charge in [-0.3, -0.25) is 4.79 Å². The van der Waals surface area contributed by atoms with Crippen molar-refractivity contribution in [3.05, 3.63) is 59.2 Å². The smallest absolute Gasteiger partial charge is 0.416 e. The van der Waals surface area contributed by atoms with Crippen molar-refractivity contribution in [3.63, 3.8) is 0 Å². The molecule has 0 bridgehead atoms. The molecule has 0 amide bonds. The third-order valence-electron chi connectivity index (χ3n) is 6.29. The summed E-state index contributed by atoms with van der Waals surface area (Å²) in [5.74, 6) is 0.149. The lowest BCUT2D eigenvalue weighted by Gasteiger charge is -2.39. The van der Waals surface area contributed by atoms with Crippen molar-refractivity contribution in [2.24, 2.45) is 0 Å². The van der Waals surface area contributed by atoms with Gasteiger partial charge in [0, 0.05) is 13.5 Å². The highest BCUT2D eigenvalue weighted by molar-refractivity contribution is 6.32. The van der Waals surface area contributed by atoms with Crippen LogP contribution in [0.25, 0.3) is 0 Å². The lowest BCUT2D eigenvalue weighted by molar-refractivity contribution is -0.142. The van der Waals surface area contributed by atoms with Gasteiger partial charge in [-0.05, 0) is 48.7 Å². The predicted octanol–water partition coefficient (Wildman–Crippen LogP) is 6.19. The van der Waals surface area contributed by atoms with E-state index in [1.54, 1.807) is 17.0 Å². The lowest BCUT2D eigenvalue weighted by atomic mass is 9.95. The predicted molar refractivity (Wildman–Crippen MR) is 120 cm³/mol. The molecule has 4 rings (SSSR count). The molecule has 1 fully saturated rings. The fourth-order valence-electron chi connectivity index (χ4n) is 4.63. The molecule has 1 heterocycles. The molecule has 0 aromatic heterocycles. The number of fused-ring (bicyclic) bond motifs is 1. The van der Waals surface area contributed by atoms with Gasteiger partial charge in [0.25, 0.3) is 0 Å². The quantitative estimate of drug-likeness (QED) is 0.460. The number of esters is 1. The van der Waals surface area contributed by atoms with Gasteiger partial charge >= 0.3 is 12.1 Å². The molecule has 2 aliphatic rings. The summed E-state index contributed by atoms with van der Waals surface area (Å²) in [5, 5.41) is 0.428. The third kappa shape index (κ3) is 4.71.